The van der Waals surface area contributed by atoms with Crippen LogP contribution in [0.2, 0.25) is 0 Å². The molecule has 2 aromatic heterocycles. The maximum Gasteiger partial charge on any atom is 0.270 e. The van der Waals surface area contributed by atoms with Crippen molar-refractivity contribution in [3.63, 3.8) is 0 Å². The fraction of sp³-hybridized carbons (Fsp3) is 0.467. The first-order chi connectivity index (χ1) is 10.0. The zero-order chi connectivity index (χ0) is 15.0. The summed E-state index contributed by atoms with van der Waals surface area (Å²) in [5.41, 5.74) is 1.50. The van der Waals surface area contributed by atoms with Gasteiger partial charge in [-0.05, 0) is 44.7 Å². The van der Waals surface area contributed by atoms with E-state index in [0.717, 1.165) is 12.8 Å². The third kappa shape index (κ3) is 2.76. The van der Waals surface area contributed by atoms with E-state index in [2.05, 4.69) is 10.3 Å². The number of hydrogen-bond donors (Lipinski definition) is 2. The van der Waals surface area contributed by atoms with Crippen molar-refractivity contribution in [3.8, 4) is 0 Å². The summed E-state index contributed by atoms with van der Waals surface area (Å²) in [5.74, 6) is -0.651. The predicted octanol–water partition coefficient (Wildman–Crippen LogP) is 1.82. The number of nitrogens with one attached hydrogen (secondary N) is 1. The second kappa shape index (κ2) is 5.44. The Morgan fingerprint density at radius 2 is 2.10 bits per heavy atom. The summed E-state index contributed by atoms with van der Waals surface area (Å²) in [5, 5.41) is 12.5. The van der Waals surface area contributed by atoms with Gasteiger partial charge in [-0.3, -0.25) is 9.20 Å². The van der Waals surface area contributed by atoms with Crippen LogP contribution in [0.5, 0.6) is 0 Å². The van der Waals surface area contributed by atoms with Gasteiger partial charge >= 0.3 is 0 Å². The lowest BCUT2D eigenvalue weighted by Gasteiger charge is -2.26. The Kier molecular flexibility index (Phi) is 3.63. The van der Waals surface area contributed by atoms with Crippen LogP contribution in [0, 0.1) is 12.7 Å². The van der Waals surface area contributed by atoms with E-state index in [-0.39, 0.29) is 18.1 Å². The number of aliphatic hydroxyl groups is 1. The molecule has 0 atom stereocenters. The lowest BCUT2D eigenvalue weighted by atomic mass is 9.93. The van der Waals surface area contributed by atoms with Gasteiger partial charge in [0.05, 0.1) is 11.8 Å². The van der Waals surface area contributed by atoms with Gasteiger partial charge in [-0.2, -0.15) is 0 Å². The number of pyridine rings is 1. The van der Waals surface area contributed by atoms with E-state index in [1.807, 2.05) is 0 Å². The number of hydrogen-bond acceptors (Lipinski definition) is 3. The molecule has 1 fully saturated rings. The number of aromatic nitrogens is 2. The van der Waals surface area contributed by atoms with E-state index in [1.54, 1.807) is 13.0 Å². The molecule has 3 rings (SSSR count). The molecule has 21 heavy (non-hydrogen) atoms. The Hall–Kier alpha value is -1.95. The van der Waals surface area contributed by atoms with Crippen molar-refractivity contribution in [1.29, 1.82) is 0 Å². The molecule has 1 saturated carbocycles. The minimum atomic E-state index is -0.408. The van der Waals surface area contributed by atoms with Crippen molar-refractivity contribution in [2.45, 2.75) is 44.8 Å². The molecule has 112 valence electrons. The van der Waals surface area contributed by atoms with Crippen molar-refractivity contribution >= 4 is 11.6 Å². The van der Waals surface area contributed by atoms with Crippen LogP contribution in [-0.4, -0.2) is 32.5 Å². The molecule has 2 N–H and O–H groups in total. The zero-order valence-corrected chi connectivity index (χ0v) is 11.8. The summed E-state index contributed by atoms with van der Waals surface area (Å²) in [6, 6.07) is 2.93. The van der Waals surface area contributed by atoms with Gasteiger partial charge in [-0.25, -0.2) is 9.37 Å². The number of carbonyl (C=O) groups excluding carboxylic acids is 1. The molecule has 1 aliphatic rings. The lowest BCUT2D eigenvalue weighted by molar-refractivity contribution is 0.0861. The number of amides is 1. The average molecular weight is 291 g/mol. The van der Waals surface area contributed by atoms with E-state index < -0.39 is 5.82 Å². The molecule has 0 spiro atoms. The van der Waals surface area contributed by atoms with Crippen LogP contribution in [0.15, 0.2) is 18.3 Å². The van der Waals surface area contributed by atoms with Crippen LogP contribution in [-0.2, 0) is 0 Å². The molecule has 6 heteroatoms. The molecule has 0 radical (unpaired) electrons. The molecular formula is C15H18FN3O2. The Morgan fingerprint density at radius 1 is 1.38 bits per heavy atom. The van der Waals surface area contributed by atoms with Crippen LogP contribution >= 0.6 is 0 Å². The third-order valence-electron chi connectivity index (χ3n) is 4.00. The number of aryl methyl sites for hydroxylation is 1. The smallest absolute Gasteiger partial charge is 0.270 e. The summed E-state index contributed by atoms with van der Waals surface area (Å²) in [6.45, 7) is 1.74. The predicted molar refractivity (Wildman–Crippen MR) is 75.6 cm³/mol. The van der Waals surface area contributed by atoms with Gasteiger partial charge in [0.1, 0.15) is 17.2 Å². The topological polar surface area (TPSA) is 66.6 Å². The van der Waals surface area contributed by atoms with Crippen molar-refractivity contribution in [1.82, 2.24) is 14.7 Å². The molecule has 0 bridgehead atoms. The summed E-state index contributed by atoms with van der Waals surface area (Å²) in [6.07, 6.45) is 3.94. The van der Waals surface area contributed by atoms with Crippen LogP contribution in [0.3, 0.4) is 0 Å². The first-order valence-corrected chi connectivity index (χ1v) is 7.17. The van der Waals surface area contributed by atoms with Crippen LogP contribution in [0.1, 0.15) is 41.9 Å². The summed E-state index contributed by atoms with van der Waals surface area (Å²) in [4.78, 5) is 16.7. The molecule has 5 nitrogen and oxygen atoms in total. The highest BCUT2D eigenvalue weighted by Crippen LogP contribution is 2.19. The molecular weight excluding hydrogens is 273 g/mol. The van der Waals surface area contributed by atoms with Crippen LogP contribution in [0.4, 0.5) is 4.39 Å². The molecule has 1 amide bonds. The summed E-state index contributed by atoms with van der Waals surface area (Å²) < 4.78 is 14.9. The van der Waals surface area contributed by atoms with Crippen LogP contribution < -0.4 is 5.32 Å². The van der Waals surface area contributed by atoms with E-state index in [4.69, 9.17) is 0 Å². The normalized spacial score (nSPS) is 22.4. The number of aliphatic hydroxyl groups excluding tert-OH is 1. The highest BCUT2D eigenvalue weighted by molar-refractivity contribution is 5.94. The third-order valence-corrected chi connectivity index (χ3v) is 4.00. The molecule has 1 aliphatic carbocycles. The SMILES string of the molecule is Cc1nc2ccc(F)cn2c1C(=O)NC1CCC(O)CC1. The Morgan fingerprint density at radius 3 is 2.81 bits per heavy atom. The van der Waals surface area contributed by atoms with Gasteiger partial charge in [-0.15, -0.1) is 0 Å². The fourth-order valence-corrected chi connectivity index (χ4v) is 2.88. The fourth-order valence-electron chi connectivity index (χ4n) is 2.88. The number of halogens is 1. The number of rotatable bonds is 2. The second-order valence-electron chi connectivity index (χ2n) is 5.60. The van der Waals surface area contributed by atoms with E-state index in [9.17, 15) is 14.3 Å². The van der Waals surface area contributed by atoms with Crippen molar-refractivity contribution in [2.75, 3.05) is 0 Å². The quantitative estimate of drug-likeness (QED) is 0.887. The first-order valence-electron chi connectivity index (χ1n) is 7.17. The monoisotopic (exact) mass is 291 g/mol. The van der Waals surface area contributed by atoms with Gasteiger partial charge < -0.3 is 10.4 Å². The summed E-state index contributed by atoms with van der Waals surface area (Å²) >= 11 is 0. The standard InChI is InChI=1S/C15H18FN3O2/c1-9-14(19-8-10(16)2-7-13(19)17-9)15(21)18-11-3-5-12(20)6-4-11/h2,7-8,11-12,20H,3-6H2,1H3,(H,18,21). The van der Waals surface area contributed by atoms with Crippen molar-refractivity contribution < 1.29 is 14.3 Å². The zero-order valence-electron chi connectivity index (χ0n) is 11.8. The Labute approximate surface area is 121 Å². The minimum Gasteiger partial charge on any atom is -0.393 e. The summed E-state index contributed by atoms with van der Waals surface area (Å²) in [7, 11) is 0. The number of nitrogens with zero attached hydrogens (tertiary/aromatic N) is 2. The second-order valence-corrected chi connectivity index (χ2v) is 5.60. The Bertz CT molecular complexity index is 675. The maximum atomic E-state index is 13.4. The Balaban J connectivity index is 1.84. The van der Waals surface area contributed by atoms with Crippen LogP contribution in [0.25, 0.3) is 5.65 Å². The van der Waals surface area contributed by atoms with E-state index in [0.29, 0.717) is 29.9 Å². The van der Waals surface area contributed by atoms with Gasteiger partial charge in [0.25, 0.3) is 5.91 Å². The molecule has 0 saturated heterocycles. The highest BCUT2D eigenvalue weighted by atomic mass is 19.1. The number of imidazole rings is 1. The largest absolute Gasteiger partial charge is 0.393 e. The van der Waals surface area contributed by atoms with Crippen molar-refractivity contribution in [3.05, 3.63) is 35.5 Å². The van der Waals surface area contributed by atoms with Gasteiger partial charge in [0.2, 0.25) is 0 Å². The maximum absolute atomic E-state index is 13.4. The van der Waals surface area contributed by atoms with Gasteiger partial charge in [0.15, 0.2) is 0 Å². The van der Waals surface area contributed by atoms with E-state index >= 15 is 0 Å². The van der Waals surface area contributed by atoms with Gasteiger partial charge in [-0.1, -0.05) is 0 Å². The molecule has 0 aliphatic heterocycles. The molecule has 2 heterocycles. The van der Waals surface area contributed by atoms with Crippen molar-refractivity contribution in [2.24, 2.45) is 0 Å². The molecule has 0 aromatic carbocycles. The van der Waals surface area contributed by atoms with E-state index in [1.165, 1.54) is 16.7 Å². The lowest BCUT2D eigenvalue weighted by Crippen LogP contribution is -2.39. The average Bonchev–Trinajstić information content (AvgIpc) is 2.76. The minimum absolute atomic E-state index is 0.0550. The first kappa shape index (κ1) is 14.0. The highest BCUT2D eigenvalue weighted by Gasteiger charge is 2.24. The molecule has 0 unspecified atom stereocenters. The number of carbonyl (C=O) groups is 1. The van der Waals surface area contributed by atoms with Gasteiger partial charge in [0, 0.05) is 12.2 Å². The number of fused-ring (bicyclic) bond motifs is 1. The molecule has 2 aromatic rings.